The first-order valence-electron chi connectivity index (χ1n) is 13.2. The van der Waals surface area contributed by atoms with Crippen LogP contribution in [0, 0.1) is 0 Å². The Morgan fingerprint density at radius 2 is 1.97 bits per heavy atom. The maximum Gasteiger partial charge on any atom is 0.270 e. The van der Waals surface area contributed by atoms with E-state index in [9.17, 15) is 18.7 Å². The van der Waals surface area contributed by atoms with E-state index >= 15 is 0 Å². The number of ketones is 1. The van der Waals surface area contributed by atoms with Crippen molar-refractivity contribution < 1.29 is 28.2 Å². The van der Waals surface area contributed by atoms with Gasteiger partial charge in [-0.05, 0) is 63.6 Å². The van der Waals surface area contributed by atoms with Crippen molar-refractivity contribution in [3.8, 4) is 5.75 Å². The second-order valence-electron chi connectivity index (χ2n) is 9.33. The van der Waals surface area contributed by atoms with Crippen LogP contribution < -0.4 is 5.32 Å². The van der Waals surface area contributed by atoms with Crippen LogP contribution in [-0.4, -0.2) is 71.2 Å². The van der Waals surface area contributed by atoms with Crippen LogP contribution in [0.3, 0.4) is 0 Å². The molecule has 214 valence electrons. The van der Waals surface area contributed by atoms with Crippen LogP contribution >= 0.6 is 0 Å². The molecule has 8 nitrogen and oxygen atoms in total. The highest BCUT2D eigenvalue weighted by atomic mass is 19.3. The second-order valence-corrected chi connectivity index (χ2v) is 9.33. The third kappa shape index (κ3) is 11.8. The molecule has 1 atom stereocenters. The number of Topliss-reactive ketones (excluding diaryl/α,β-unsaturated/α-hetero) is 1. The molecule has 2 N–H and O–H groups in total. The van der Waals surface area contributed by atoms with Crippen LogP contribution in [0.15, 0.2) is 24.3 Å². The van der Waals surface area contributed by atoms with Crippen molar-refractivity contribution in [1.29, 1.82) is 0 Å². The molecule has 1 aliphatic rings. The summed E-state index contributed by atoms with van der Waals surface area (Å²) in [5.74, 6) is -2.93. The lowest BCUT2D eigenvalue weighted by molar-refractivity contribution is -0.106. The number of nitrogens with one attached hydrogen (secondary N) is 1. The zero-order chi connectivity index (χ0) is 28.7. The van der Waals surface area contributed by atoms with E-state index in [0.29, 0.717) is 31.0 Å². The normalized spacial score (nSPS) is 15.6. The quantitative estimate of drug-likeness (QED) is 0.338. The van der Waals surface area contributed by atoms with Gasteiger partial charge in [-0.1, -0.05) is 20.3 Å². The van der Waals surface area contributed by atoms with E-state index in [1.54, 1.807) is 7.05 Å². The molecule has 0 radical (unpaired) electrons. The number of aromatic nitrogens is 2. The number of morpholine rings is 1. The van der Waals surface area contributed by atoms with Crippen molar-refractivity contribution >= 4 is 12.1 Å². The fraction of sp³-hybridized carbons (Fsp3) is 0.607. The first-order valence-corrected chi connectivity index (χ1v) is 13.2. The molecular weight excluding hydrogens is 494 g/mol. The molecule has 1 aliphatic heterocycles. The minimum absolute atomic E-state index is 0.119. The van der Waals surface area contributed by atoms with E-state index < -0.39 is 5.92 Å². The Morgan fingerprint density at radius 3 is 2.53 bits per heavy atom. The summed E-state index contributed by atoms with van der Waals surface area (Å²) in [6, 6.07) is 5.89. The van der Waals surface area contributed by atoms with Crippen molar-refractivity contribution in [2.45, 2.75) is 79.0 Å². The van der Waals surface area contributed by atoms with Crippen molar-refractivity contribution in [2.75, 3.05) is 33.3 Å². The van der Waals surface area contributed by atoms with Gasteiger partial charge in [0.2, 0.25) is 0 Å². The van der Waals surface area contributed by atoms with Gasteiger partial charge in [0.05, 0.1) is 19.3 Å². The fourth-order valence-electron chi connectivity index (χ4n) is 3.93. The Balaban J connectivity index is 0.000000368. The molecule has 3 rings (SSSR count). The van der Waals surface area contributed by atoms with E-state index in [1.165, 1.54) is 19.1 Å². The number of phenols is 1. The number of halogens is 2. The lowest BCUT2D eigenvalue weighted by atomic mass is 10.1. The van der Waals surface area contributed by atoms with E-state index in [-0.39, 0.29) is 23.2 Å². The van der Waals surface area contributed by atoms with Crippen molar-refractivity contribution in [3.05, 3.63) is 46.8 Å². The summed E-state index contributed by atoms with van der Waals surface area (Å²) < 4.78 is 33.4. The van der Waals surface area contributed by atoms with Gasteiger partial charge in [0.1, 0.15) is 17.7 Å². The Bertz CT molecular complexity index is 992. The molecule has 2 aromatic rings. The molecule has 38 heavy (non-hydrogen) atoms. The summed E-state index contributed by atoms with van der Waals surface area (Å²) in [7, 11) is 1.72. The molecule has 1 aromatic heterocycles. The number of carbonyl (C=O) groups is 2. The Labute approximate surface area is 225 Å². The van der Waals surface area contributed by atoms with E-state index in [0.717, 1.165) is 63.9 Å². The molecule has 1 aromatic carbocycles. The highest BCUT2D eigenvalue weighted by Crippen LogP contribution is 2.30. The highest BCUT2D eigenvalue weighted by Gasteiger charge is 2.25. The third-order valence-corrected chi connectivity index (χ3v) is 5.79. The number of hydrogen-bond acceptors (Lipinski definition) is 7. The highest BCUT2D eigenvalue weighted by molar-refractivity contribution is 5.95. The Kier molecular flexibility index (Phi) is 14.9. The summed E-state index contributed by atoms with van der Waals surface area (Å²) in [6.07, 6.45) is 4.11. The number of nitrogens with zero attached hydrogens (tertiary/aromatic N) is 3. The predicted octanol–water partition coefficient (Wildman–Crippen LogP) is 4.58. The van der Waals surface area contributed by atoms with Crippen LogP contribution in [0.4, 0.5) is 8.78 Å². The molecule has 10 heteroatoms. The fourth-order valence-corrected chi connectivity index (χ4v) is 3.93. The first kappa shape index (κ1) is 33.3. The Hall–Kier alpha value is -2.69. The summed E-state index contributed by atoms with van der Waals surface area (Å²) in [6.45, 7) is 12.7. The number of aldehydes is 1. The number of hydrogen-bond donors (Lipinski definition) is 2. The van der Waals surface area contributed by atoms with Crippen LogP contribution in [0.1, 0.15) is 74.8 Å². The molecule has 0 amide bonds. The number of ether oxygens (including phenoxy) is 1. The van der Waals surface area contributed by atoms with Crippen LogP contribution in [-0.2, 0) is 35.0 Å². The van der Waals surface area contributed by atoms with E-state index in [1.807, 2.05) is 17.7 Å². The summed E-state index contributed by atoms with van der Waals surface area (Å²) in [5.41, 5.74) is 2.25. The van der Waals surface area contributed by atoms with Crippen molar-refractivity contribution in [2.24, 2.45) is 0 Å². The minimum atomic E-state index is -2.92. The van der Waals surface area contributed by atoms with Gasteiger partial charge in [0.25, 0.3) is 5.92 Å². The molecule has 0 saturated carbocycles. The van der Waals surface area contributed by atoms with E-state index in [4.69, 9.17) is 9.53 Å². The molecule has 1 unspecified atom stereocenters. The van der Waals surface area contributed by atoms with Gasteiger partial charge in [-0.25, -0.2) is 8.78 Å². The van der Waals surface area contributed by atoms with Crippen LogP contribution in [0.5, 0.6) is 5.75 Å². The maximum atomic E-state index is 12.9. The van der Waals surface area contributed by atoms with Crippen LogP contribution in [0.2, 0.25) is 0 Å². The third-order valence-electron chi connectivity index (χ3n) is 5.79. The molecule has 1 saturated heterocycles. The molecular formula is C28H44F2N4O4. The largest absolute Gasteiger partial charge is 0.508 e. The topological polar surface area (TPSA) is 96.7 Å². The van der Waals surface area contributed by atoms with E-state index in [2.05, 4.69) is 29.2 Å². The smallest absolute Gasteiger partial charge is 0.270 e. The zero-order valence-corrected chi connectivity index (χ0v) is 23.6. The number of aromatic hydroxyl groups is 1. The number of alkyl halides is 2. The lowest BCUT2D eigenvalue weighted by Gasteiger charge is -2.30. The van der Waals surface area contributed by atoms with Gasteiger partial charge in [-0.3, -0.25) is 14.4 Å². The van der Waals surface area contributed by atoms with Crippen molar-refractivity contribution in [3.63, 3.8) is 0 Å². The summed E-state index contributed by atoms with van der Waals surface area (Å²) >= 11 is 0. The van der Waals surface area contributed by atoms with Gasteiger partial charge in [-0.15, -0.1) is 0 Å². The average Bonchev–Trinajstić information content (AvgIpc) is 3.26. The minimum Gasteiger partial charge on any atom is -0.508 e. The Morgan fingerprint density at radius 1 is 1.29 bits per heavy atom. The predicted molar refractivity (Wildman–Crippen MR) is 145 cm³/mol. The monoisotopic (exact) mass is 538 g/mol. The SMILES string of the molecule is CC=O.CCCCn1nc(C(=O)CN2CCOC(C)C2)cc1CC.CNCc1cc(O)cc(C(C)(F)F)c1. The number of rotatable bonds is 10. The second kappa shape index (κ2) is 17.0. The standard InChI is InChI=1S/C16H27N3O2.C10H13F2NO.C2H4O/c1-4-6-7-19-14(5-2)10-15(17-19)16(20)12-18-8-9-21-13(3)11-18;1-10(11,12)8-3-7(6-13-2)4-9(14)5-8;1-2-3/h10,13H,4-9,11-12H2,1-3H3;3-5,13-14H,6H2,1-2H3;2H,1H3. The van der Waals surface area contributed by atoms with Gasteiger partial charge >= 0.3 is 0 Å². The zero-order valence-electron chi connectivity index (χ0n) is 23.6. The number of carbonyl (C=O) groups excluding carboxylic acids is 2. The first-order chi connectivity index (χ1) is 18.0. The molecule has 2 heterocycles. The van der Waals surface area contributed by atoms with Gasteiger partial charge in [0, 0.05) is 44.4 Å². The number of benzene rings is 1. The average molecular weight is 539 g/mol. The van der Waals surface area contributed by atoms with Gasteiger partial charge < -0.3 is 20.0 Å². The summed E-state index contributed by atoms with van der Waals surface area (Å²) in [4.78, 5) is 23.4. The summed E-state index contributed by atoms with van der Waals surface area (Å²) in [5, 5.41) is 16.6. The number of unbranched alkanes of at least 4 members (excludes halogenated alkanes) is 1. The van der Waals surface area contributed by atoms with Crippen molar-refractivity contribution in [1.82, 2.24) is 20.0 Å². The molecule has 0 spiro atoms. The van der Waals surface area contributed by atoms with Crippen LogP contribution in [0.25, 0.3) is 0 Å². The lowest BCUT2D eigenvalue weighted by Crippen LogP contribution is -2.43. The van der Waals surface area contributed by atoms with Gasteiger partial charge in [-0.2, -0.15) is 5.10 Å². The molecule has 0 aliphatic carbocycles. The molecule has 1 fully saturated rings. The number of phenolic OH excluding ortho intramolecular Hbond substituents is 1. The van der Waals surface area contributed by atoms with Gasteiger partial charge in [0.15, 0.2) is 5.78 Å². The maximum absolute atomic E-state index is 12.9. The number of aryl methyl sites for hydroxylation is 2. The molecule has 0 bridgehead atoms.